The molecule has 5 rings (SSSR count). The van der Waals surface area contributed by atoms with E-state index in [2.05, 4.69) is 68.2 Å². The van der Waals surface area contributed by atoms with Crippen LogP contribution in [0, 0.1) is 0 Å². The highest BCUT2D eigenvalue weighted by Gasteiger charge is 2.39. The molecule has 6 heteroatoms. The Morgan fingerprint density at radius 3 is 2.59 bits per heavy atom. The second-order valence-corrected chi connectivity index (χ2v) is 8.02. The first-order valence-electron chi connectivity index (χ1n) is 10.3. The molecule has 1 aliphatic heterocycles. The molecule has 2 aliphatic rings. The number of nitrogens with one attached hydrogen (secondary N) is 2. The van der Waals surface area contributed by atoms with Crippen molar-refractivity contribution in [2.24, 2.45) is 0 Å². The van der Waals surface area contributed by atoms with Gasteiger partial charge in [0.1, 0.15) is 0 Å². The zero-order chi connectivity index (χ0) is 19.6. The second kappa shape index (κ2) is 7.70. The number of hydrogen-bond acceptors (Lipinski definition) is 4. The molecule has 1 aliphatic carbocycles. The van der Waals surface area contributed by atoms with Crippen molar-refractivity contribution in [2.75, 3.05) is 18.0 Å². The summed E-state index contributed by atoms with van der Waals surface area (Å²) in [6, 6.07) is 19.3. The molecular formula is C23H25N5O. The van der Waals surface area contributed by atoms with Crippen LogP contribution in [0.4, 0.5) is 10.6 Å². The fourth-order valence-electron chi connectivity index (χ4n) is 4.27. The van der Waals surface area contributed by atoms with E-state index in [1.54, 1.807) is 6.20 Å². The number of aromatic nitrogens is 2. The standard InChI is InChI=1S/C23H25N5O/c29-23(25-19-9-12-28(13-10-19)22-6-3-11-24-27-22)26-21-15-20(21)18-8-7-16-4-1-2-5-17(16)14-18/h1-8,11,14,19-21H,9-10,12-13,15H2,(H2,25,26,29)/t20-,21+/m0/s1. The van der Waals surface area contributed by atoms with Gasteiger partial charge in [-0.05, 0) is 47.7 Å². The maximum Gasteiger partial charge on any atom is 0.315 e. The molecule has 1 aromatic heterocycles. The number of carbonyl (C=O) groups excluding carboxylic acids is 1. The van der Waals surface area contributed by atoms with Crippen LogP contribution in [0.5, 0.6) is 0 Å². The van der Waals surface area contributed by atoms with Gasteiger partial charge in [-0.2, -0.15) is 5.10 Å². The highest BCUT2D eigenvalue weighted by Crippen LogP contribution is 2.41. The lowest BCUT2D eigenvalue weighted by Gasteiger charge is -2.32. The van der Waals surface area contributed by atoms with E-state index >= 15 is 0 Å². The number of urea groups is 1. The summed E-state index contributed by atoms with van der Waals surface area (Å²) in [5, 5.41) is 16.9. The summed E-state index contributed by atoms with van der Waals surface area (Å²) in [7, 11) is 0. The predicted octanol–water partition coefficient (Wildman–Crippen LogP) is 3.45. The van der Waals surface area contributed by atoms with Gasteiger partial charge < -0.3 is 15.5 Å². The SMILES string of the molecule is O=C(NC1CCN(c2cccnn2)CC1)N[C@@H]1C[C@H]1c1ccc2ccccc2c1. The molecule has 2 amide bonds. The minimum atomic E-state index is -0.0451. The van der Waals surface area contributed by atoms with Crippen molar-refractivity contribution in [3.05, 3.63) is 66.4 Å². The predicted molar refractivity (Wildman–Crippen MR) is 114 cm³/mol. The average Bonchev–Trinajstić information content (AvgIpc) is 3.53. The molecule has 0 bridgehead atoms. The number of anilines is 1. The van der Waals surface area contributed by atoms with Crippen molar-refractivity contribution in [3.63, 3.8) is 0 Å². The summed E-state index contributed by atoms with van der Waals surface area (Å²) in [5.74, 6) is 1.33. The third-order valence-corrected chi connectivity index (χ3v) is 6.02. The highest BCUT2D eigenvalue weighted by atomic mass is 16.2. The van der Waals surface area contributed by atoms with Crippen molar-refractivity contribution in [1.29, 1.82) is 0 Å². The number of carbonyl (C=O) groups is 1. The van der Waals surface area contributed by atoms with Gasteiger partial charge in [0, 0.05) is 37.3 Å². The Balaban J connectivity index is 1.11. The zero-order valence-electron chi connectivity index (χ0n) is 16.3. The number of rotatable bonds is 4. The van der Waals surface area contributed by atoms with Crippen molar-refractivity contribution in [1.82, 2.24) is 20.8 Å². The van der Waals surface area contributed by atoms with Gasteiger partial charge in [0.25, 0.3) is 0 Å². The van der Waals surface area contributed by atoms with Gasteiger partial charge in [-0.25, -0.2) is 4.79 Å². The lowest BCUT2D eigenvalue weighted by Crippen LogP contribution is -2.48. The molecule has 2 atom stereocenters. The van der Waals surface area contributed by atoms with Gasteiger partial charge in [0.2, 0.25) is 0 Å². The van der Waals surface area contributed by atoms with Crippen LogP contribution in [0.1, 0.15) is 30.7 Å². The molecule has 1 saturated carbocycles. The first kappa shape index (κ1) is 17.9. The van der Waals surface area contributed by atoms with Crippen LogP contribution in [-0.2, 0) is 0 Å². The van der Waals surface area contributed by atoms with E-state index in [1.165, 1.54) is 16.3 Å². The lowest BCUT2D eigenvalue weighted by molar-refractivity contribution is 0.234. The molecule has 6 nitrogen and oxygen atoms in total. The van der Waals surface area contributed by atoms with E-state index in [0.717, 1.165) is 38.2 Å². The fourth-order valence-corrected chi connectivity index (χ4v) is 4.27. The van der Waals surface area contributed by atoms with E-state index in [4.69, 9.17) is 0 Å². The van der Waals surface area contributed by atoms with E-state index in [-0.39, 0.29) is 18.1 Å². The number of fused-ring (bicyclic) bond motifs is 1. The quantitative estimate of drug-likeness (QED) is 0.719. The smallest absolute Gasteiger partial charge is 0.315 e. The summed E-state index contributed by atoms with van der Waals surface area (Å²) in [6.07, 6.45) is 4.54. The van der Waals surface area contributed by atoms with Crippen LogP contribution in [0.15, 0.2) is 60.8 Å². The molecule has 29 heavy (non-hydrogen) atoms. The number of nitrogens with zero attached hydrogens (tertiary/aromatic N) is 3. The Morgan fingerprint density at radius 1 is 0.966 bits per heavy atom. The van der Waals surface area contributed by atoms with Gasteiger partial charge in [0.15, 0.2) is 5.82 Å². The molecule has 2 heterocycles. The number of hydrogen-bond donors (Lipinski definition) is 2. The fraction of sp³-hybridized carbons (Fsp3) is 0.348. The van der Waals surface area contributed by atoms with Crippen molar-refractivity contribution in [3.8, 4) is 0 Å². The summed E-state index contributed by atoms with van der Waals surface area (Å²) in [4.78, 5) is 14.7. The summed E-state index contributed by atoms with van der Waals surface area (Å²) >= 11 is 0. The number of amides is 2. The van der Waals surface area contributed by atoms with Gasteiger partial charge >= 0.3 is 6.03 Å². The van der Waals surface area contributed by atoms with Crippen molar-refractivity contribution in [2.45, 2.75) is 37.3 Å². The molecule has 2 fully saturated rings. The largest absolute Gasteiger partial charge is 0.355 e. The molecule has 0 radical (unpaired) electrons. The maximum atomic E-state index is 12.4. The summed E-state index contributed by atoms with van der Waals surface area (Å²) in [5.41, 5.74) is 1.31. The molecule has 2 aromatic carbocycles. The lowest BCUT2D eigenvalue weighted by atomic mass is 10.0. The van der Waals surface area contributed by atoms with Crippen LogP contribution in [0.2, 0.25) is 0 Å². The third-order valence-electron chi connectivity index (χ3n) is 6.02. The van der Waals surface area contributed by atoms with Crippen LogP contribution >= 0.6 is 0 Å². The van der Waals surface area contributed by atoms with Gasteiger partial charge in [-0.15, -0.1) is 5.10 Å². The minimum Gasteiger partial charge on any atom is -0.355 e. The Morgan fingerprint density at radius 2 is 1.79 bits per heavy atom. The maximum absolute atomic E-state index is 12.4. The minimum absolute atomic E-state index is 0.0451. The Hall–Kier alpha value is -3.15. The summed E-state index contributed by atoms with van der Waals surface area (Å²) < 4.78 is 0. The number of piperidine rings is 1. The zero-order valence-corrected chi connectivity index (χ0v) is 16.3. The summed E-state index contributed by atoms with van der Waals surface area (Å²) in [6.45, 7) is 1.76. The van der Waals surface area contributed by atoms with E-state index in [1.807, 2.05) is 12.1 Å². The van der Waals surface area contributed by atoms with Crippen LogP contribution in [0.25, 0.3) is 10.8 Å². The normalized spacial score (nSPS) is 21.7. The molecule has 0 spiro atoms. The van der Waals surface area contributed by atoms with E-state index in [0.29, 0.717) is 5.92 Å². The first-order chi connectivity index (χ1) is 14.3. The van der Waals surface area contributed by atoms with Crippen LogP contribution < -0.4 is 15.5 Å². The molecule has 2 N–H and O–H groups in total. The van der Waals surface area contributed by atoms with Crippen LogP contribution in [0.3, 0.4) is 0 Å². The van der Waals surface area contributed by atoms with Crippen molar-refractivity contribution < 1.29 is 4.79 Å². The molecule has 148 valence electrons. The monoisotopic (exact) mass is 387 g/mol. The molecule has 0 unspecified atom stereocenters. The Bertz CT molecular complexity index is 1000. The molecule has 3 aromatic rings. The van der Waals surface area contributed by atoms with E-state index in [9.17, 15) is 4.79 Å². The Kier molecular flexibility index (Phi) is 4.76. The van der Waals surface area contributed by atoms with Gasteiger partial charge in [0.05, 0.1) is 0 Å². The topological polar surface area (TPSA) is 70.2 Å². The number of benzene rings is 2. The molecular weight excluding hydrogens is 362 g/mol. The first-order valence-corrected chi connectivity index (χ1v) is 10.3. The van der Waals surface area contributed by atoms with E-state index < -0.39 is 0 Å². The third kappa shape index (κ3) is 4.01. The second-order valence-electron chi connectivity index (χ2n) is 8.02. The van der Waals surface area contributed by atoms with Crippen molar-refractivity contribution >= 4 is 22.6 Å². The molecule has 1 saturated heterocycles. The van der Waals surface area contributed by atoms with Crippen LogP contribution in [-0.4, -0.2) is 41.4 Å². The highest BCUT2D eigenvalue weighted by molar-refractivity contribution is 5.83. The Labute approximate surface area is 170 Å². The average molecular weight is 387 g/mol. The van der Waals surface area contributed by atoms with Gasteiger partial charge in [-0.1, -0.05) is 42.5 Å². The van der Waals surface area contributed by atoms with Gasteiger partial charge in [-0.3, -0.25) is 0 Å².